The van der Waals surface area contributed by atoms with Crippen LogP contribution in [0.15, 0.2) is 42.0 Å². The minimum atomic E-state index is -0.280. The molecule has 0 unspecified atom stereocenters. The van der Waals surface area contributed by atoms with E-state index in [2.05, 4.69) is 30.0 Å². The van der Waals surface area contributed by atoms with E-state index < -0.39 is 0 Å². The van der Waals surface area contributed by atoms with Crippen LogP contribution in [0.2, 0.25) is 0 Å². The van der Waals surface area contributed by atoms with Gasteiger partial charge in [-0.3, -0.25) is 9.59 Å². The van der Waals surface area contributed by atoms with Gasteiger partial charge in [0, 0.05) is 30.3 Å². The lowest BCUT2D eigenvalue weighted by atomic mass is 9.63. The molecule has 2 aliphatic carbocycles. The van der Waals surface area contributed by atoms with Crippen molar-refractivity contribution >= 4 is 11.7 Å². The summed E-state index contributed by atoms with van der Waals surface area (Å²) in [6.45, 7) is 2.83. The summed E-state index contributed by atoms with van der Waals surface area (Å²) in [5.41, 5.74) is 1.83. The molecule has 3 heteroatoms. The van der Waals surface area contributed by atoms with Crippen LogP contribution < -0.4 is 0 Å². The Labute approximate surface area is 137 Å². The molecule has 0 N–H and O–H groups in total. The third-order valence-electron chi connectivity index (χ3n) is 6.14. The SMILES string of the molecule is C[C@@]12C3=CCCC[C@@H]1C(=O)N(Cc1ccccc1)[C@@H]2CCC3=O. The largest absolute Gasteiger partial charge is 0.334 e. The van der Waals surface area contributed by atoms with Crippen molar-refractivity contribution in [2.45, 2.75) is 51.6 Å². The Morgan fingerprint density at radius 2 is 1.96 bits per heavy atom. The van der Waals surface area contributed by atoms with Crippen LogP contribution in [0.4, 0.5) is 0 Å². The first kappa shape index (κ1) is 14.7. The molecule has 1 aliphatic heterocycles. The lowest BCUT2D eigenvalue weighted by molar-refractivity contribution is -0.133. The number of Topliss-reactive ketones (excluding diaryl/α,β-unsaturated/α-hetero) is 1. The van der Waals surface area contributed by atoms with E-state index in [1.807, 2.05) is 18.2 Å². The fourth-order valence-corrected chi connectivity index (χ4v) is 4.99. The van der Waals surface area contributed by atoms with Crippen LogP contribution in [-0.2, 0) is 16.1 Å². The monoisotopic (exact) mass is 309 g/mol. The molecule has 0 radical (unpaired) electrons. The number of amides is 1. The molecule has 3 nitrogen and oxygen atoms in total. The van der Waals surface area contributed by atoms with E-state index >= 15 is 0 Å². The van der Waals surface area contributed by atoms with Gasteiger partial charge in [-0.05, 0) is 36.8 Å². The zero-order chi connectivity index (χ0) is 16.0. The predicted molar refractivity (Wildman–Crippen MR) is 88.6 cm³/mol. The standard InChI is InChI=1S/C20H23NO2/c1-20-15-9-5-6-10-16(20)19(23)21(18(20)12-11-17(15)22)13-14-7-3-2-4-8-14/h2-4,7-9,16,18H,5-6,10-13H2,1H3/t16-,18-,20-/m1/s1. The third kappa shape index (κ3) is 2.09. The summed E-state index contributed by atoms with van der Waals surface area (Å²) >= 11 is 0. The lowest BCUT2D eigenvalue weighted by Gasteiger charge is -2.41. The highest BCUT2D eigenvalue weighted by Gasteiger charge is 2.60. The highest BCUT2D eigenvalue weighted by molar-refractivity contribution is 6.00. The second-order valence-electron chi connectivity index (χ2n) is 7.31. The molecule has 0 spiro atoms. The van der Waals surface area contributed by atoms with Gasteiger partial charge in [0.05, 0.1) is 0 Å². The summed E-state index contributed by atoms with van der Waals surface area (Å²) in [6.07, 6.45) is 6.37. The normalized spacial score (nSPS) is 33.3. The number of benzene rings is 1. The molecule has 120 valence electrons. The highest BCUT2D eigenvalue weighted by Crippen LogP contribution is 2.55. The van der Waals surface area contributed by atoms with Crippen molar-refractivity contribution in [2.24, 2.45) is 11.3 Å². The van der Waals surface area contributed by atoms with E-state index in [1.165, 1.54) is 5.56 Å². The van der Waals surface area contributed by atoms with Crippen LogP contribution in [0, 0.1) is 11.3 Å². The molecular formula is C20H23NO2. The van der Waals surface area contributed by atoms with E-state index in [0.29, 0.717) is 13.0 Å². The first-order valence-electron chi connectivity index (χ1n) is 8.70. The quantitative estimate of drug-likeness (QED) is 0.838. The van der Waals surface area contributed by atoms with E-state index in [9.17, 15) is 9.59 Å². The summed E-state index contributed by atoms with van der Waals surface area (Å²) in [5.74, 6) is 0.503. The minimum absolute atomic E-state index is 0.0192. The van der Waals surface area contributed by atoms with Crippen molar-refractivity contribution in [3.8, 4) is 0 Å². The number of allylic oxidation sites excluding steroid dienone is 1. The van der Waals surface area contributed by atoms with Crippen molar-refractivity contribution in [2.75, 3.05) is 0 Å². The summed E-state index contributed by atoms with van der Waals surface area (Å²) in [7, 11) is 0. The van der Waals surface area contributed by atoms with Gasteiger partial charge in [-0.15, -0.1) is 0 Å². The number of likely N-dealkylation sites (tertiary alicyclic amines) is 1. The van der Waals surface area contributed by atoms with Crippen molar-refractivity contribution in [3.63, 3.8) is 0 Å². The van der Waals surface area contributed by atoms with Gasteiger partial charge in [0.1, 0.15) is 0 Å². The topological polar surface area (TPSA) is 37.4 Å². The average molecular weight is 309 g/mol. The fraction of sp³-hybridized carbons (Fsp3) is 0.500. The first-order chi connectivity index (χ1) is 11.1. The zero-order valence-corrected chi connectivity index (χ0v) is 13.6. The zero-order valence-electron chi connectivity index (χ0n) is 13.6. The van der Waals surface area contributed by atoms with Crippen LogP contribution in [0.1, 0.15) is 44.6 Å². The molecule has 1 aromatic carbocycles. The maximum absolute atomic E-state index is 13.1. The molecule has 2 fully saturated rings. The Balaban J connectivity index is 1.74. The van der Waals surface area contributed by atoms with Crippen LogP contribution in [-0.4, -0.2) is 22.6 Å². The van der Waals surface area contributed by atoms with Gasteiger partial charge in [0.25, 0.3) is 0 Å². The third-order valence-corrected chi connectivity index (χ3v) is 6.14. The van der Waals surface area contributed by atoms with Crippen LogP contribution in [0.3, 0.4) is 0 Å². The Morgan fingerprint density at radius 3 is 2.74 bits per heavy atom. The second-order valence-corrected chi connectivity index (χ2v) is 7.31. The average Bonchev–Trinajstić information content (AvgIpc) is 2.67. The molecule has 0 aromatic heterocycles. The Kier molecular flexibility index (Phi) is 3.40. The minimum Gasteiger partial charge on any atom is -0.334 e. The van der Waals surface area contributed by atoms with Gasteiger partial charge < -0.3 is 4.90 Å². The number of hydrogen-bond acceptors (Lipinski definition) is 2. The number of carbonyl (C=O) groups is 2. The van der Waals surface area contributed by atoms with Crippen molar-refractivity contribution in [1.29, 1.82) is 0 Å². The van der Waals surface area contributed by atoms with Gasteiger partial charge in [0.2, 0.25) is 5.91 Å². The molecule has 0 bridgehead atoms. The predicted octanol–water partition coefficient (Wildman–Crippen LogP) is 3.49. The van der Waals surface area contributed by atoms with Crippen LogP contribution >= 0.6 is 0 Å². The number of rotatable bonds is 2. The molecular weight excluding hydrogens is 286 g/mol. The number of ketones is 1. The summed E-state index contributed by atoms with van der Waals surface area (Å²) in [4.78, 5) is 27.7. The Hall–Kier alpha value is -1.90. The number of nitrogens with zero attached hydrogens (tertiary/aromatic N) is 1. The van der Waals surface area contributed by atoms with Crippen molar-refractivity contribution < 1.29 is 9.59 Å². The molecule has 1 aromatic rings. The molecule has 3 atom stereocenters. The summed E-state index contributed by atoms with van der Waals surface area (Å²) in [5, 5.41) is 0. The van der Waals surface area contributed by atoms with Crippen LogP contribution in [0.25, 0.3) is 0 Å². The van der Waals surface area contributed by atoms with E-state index in [4.69, 9.17) is 0 Å². The van der Waals surface area contributed by atoms with Gasteiger partial charge in [0.15, 0.2) is 5.78 Å². The molecule has 1 amide bonds. The maximum atomic E-state index is 13.1. The summed E-state index contributed by atoms with van der Waals surface area (Å²) in [6, 6.07) is 10.4. The van der Waals surface area contributed by atoms with Crippen LogP contribution in [0.5, 0.6) is 0 Å². The molecule has 4 rings (SSSR count). The van der Waals surface area contributed by atoms with Gasteiger partial charge in [-0.1, -0.05) is 43.3 Å². The van der Waals surface area contributed by atoms with Gasteiger partial charge in [-0.2, -0.15) is 0 Å². The van der Waals surface area contributed by atoms with E-state index in [-0.39, 0.29) is 29.1 Å². The maximum Gasteiger partial charge on any atom is 0.227 e. The molecule has 1 saturated heterocycles. The van der Waals surface area contributed by atoms with Gasteiger partial charge in [-0.25, -0.2) is 0 Å². The molecule has 23 heavy (non-hydrogen) atoms. The first-order valence-corrected chi connectivity index (χ1v) is 8.70. The van der Waals surface area contributed by atoms with E-state index in [1.54, 1.807) is 0 Å². The fourth-order valence-electron chi connectivity index (χ4n) is 4.99. The van der Waals surface area contributed by atoms with Crippen molar-refractivity contribution in [1.82, 2.24) is 4.90 Å². The van der Waals surface area contributed by atoms with E-state index in [0.717, 1.165) is 31.3 Å². The second kappa shape index (κ2) is 5.33. The van der Waals surface area contributed by atoms with Gasteiger partial charge >= 0.3 is 0 Å². The number of hydrogen-bond donors (Lipinski definition) is 0. The molecule has 1 heterocycles. The Morgan fingerprint density at radius 1 is 1.17 bits per heavy atom. The highest BCUT2D eigenvalue weighted by atomic mass is 16.2. The smallest absolute Gasteiger partial charge is 0.227 e. The molecule has 3 aliphatic rings. The number of carbonyl (C=O) groups excluding carboxylic acids is 2. The molecule has 1 saturated carbocycles. The lowest BCUT2D eigenvalue weighted by Crippen LogP contribution is -2.45. The Bertz CT molecular complexity index is 678. The summed E-state index contributed by atoms with van der Waals surface area (Å²) < 4.78 is 0. The van der Waals surface area contributed by atoms with Crippen molar-refractivity contribution in [3.05, 3.63) is 47.5 Å².